The number of rotatable bonds is 5. The van der Waals surface area contributed by atoms with Crippen molar-refractivity contribution in [1.29, 1.82) is 0 Å². The minimum Gasteiger partial charge on any atom is -0.472 e. The molecule has 1 aromatic carbocycles. The lowest BCUT2D eigenvalue weighted by Gasteiger charge is -2.15. The SMILES string of the molecule is CC(C)c1c(NN)ncnc1OCc1ccccc1. The monoisotopic (exact) mass is 258 g/mol. The summed E-state index contributed by atoms with van der Waals surface area (Å²) in [7, 11) is 0. The third kappa shape index (κ3) is 3.20. The van der Waals surface area contributed by atoms with Gasteiger partial charge in [0.2, 0.25) is 5.88 Å². The quantitative estimate of drug-likeness (QED) is 0.636. The van der Waals surface area contributed by atoms with Gasteiger partial charge in [0.05, 0.1) is 5.56 Å². The third-order valence-corrected chi connectivity index (χ3v) is 2.78. The summed E-state index contributed by atoms with van der Waals surface area (Å²) in [6.07, 6.45) is 1.45. The molecule has 100 valence electrons. The van der Waals surface area contributed by atoms with Gasteiger partial charge in [0.25, 0.3) is 0 Å². The maximum absolute atomic E-state index is 5.78. The lowest BCUT2D eigenvalue weighted by molar-refractivity contribution is 0.289. The molecule has 2 rings (SSSR count). The van der Waals surface area contributed by atoms with Crippen molar-refractivity contribution in [2.45, 2.75) is 26.4 Å². The first-order chi connectivity index (χ1) is 9.22. The van der Waals surface area contributed by atoms with E-state index in [9.17, 15) is 0 Å². The number of nitrogens with two attached hydrogens (primary N) is 1. The Bertz CT molecular complexity index is 528. The second-order valence-corrected chi connectivity index (χ2v) is 4.51. The normalized spacial score (nSPS) is 10.5. The number of hydrogen-bond donors (Lipinski definition) is 2. The van der Waals surface area contributed by atoms with Gasteiger partial charge < -0.3 is 10.2 Å². The number of nitrogens with one attached hydrogen (secondary N) is 1. The van der Waals surface area contributed by atoms with E-state index in [1.54, 1.807) is 0 Å². The Morgan fingerprint density at radius 2 is 1.95 bits per heavy atom. The van der Waals surface area contributed by atoms with Crippen molar-refractivity contribution in [3.8, 4) is 5.88 Å². The van der Waals surface area contributed by atoms with E-state index < -0.39 is 0 Å². The first-order valence-electron chi connectivity index (χ1n) is 6.20. The van der Waals surface area contributed by atoms with E-state index in [1.807, 2.05) is 30.3 Å². The average molecular weight is 258 g/mol. The molecule has 0 radical (unpaired) electrons. The van der Waals surface area contributed by atoms with Gasteiger partial charge in [-0.3, -0.25) is 0 Å². The van der Waals surface area contributed by atoms with Gasteiger partial charge in [0.1, 0.15) is 12.9 Å². The minimum absolute atomic E-state index is 0.220. The van der Waals surface area contributed by atoms with Crippen molar-refractivity contribution in [1.82, 2.24) is 9.97 Å². The van der Waals surface area contributed by atoms with Gasteiger partial charge in [-0.25, -0.2) is 15.8 Å². The molecule has 0 bridgehead atoms. The molecule has 3 N–H and O–H groups in total. The lowest BCUT2D eigenvalue weighted by Crippen LogP contribution is -2.14. The summed E-state index contributed by atoms with van der Waals surface area (Å²) < 4.78 is 5.78. The molecular weight excluding hydrogens is 240 g/mol. The van der Waals surface area contributed by atoms with Crippen LogP contribution in [0.1, 0.15) is 30.9 Å². The summed E-state index contributed by atoms with van der Waals surface area (Å²) in [4.78, 5) is 8.30. The molecule has 2 aromatic rings. The van der Waals surface area contributed by atoms with Crippen molar-refractivity contribution in [2.75, 3.05) is 5.43 Å². The molecule has 0 aliphatic heterocycles. The second-order valence-electron chi connectivity index (χ2n) is 4.51. The number of nitrogens with zero attached hydrogens (tertiary/aromatic N) is 2. The molecule has 0 saturated heterocycles. The van der Waals surface area contributed by atoms with Gasteiger partial charge >= 0.3 is 0 Å². The number of aromatic nitrogens is 2. The fourth-order valence-electron chi connectivity index (χ4n) is 1.86. The molecule has 1 aromatic heterocycles. The van der Waals surface area contributed by atoms with Crippen molar-refractivity contribution < 1.29 is 4.74 Å². The van der Waals surface area contributed by atoms with Crippen molar-refractivity contribution in [3.05, 3.63) is 47.8 Å². The standard InChI is InChI=1S/C14H18N4O/c1-10(2)12-13(18-15)16-9-17-14(12)19-8-11-6-4-3-5-7-11/h3-7,9-10H,8,15H2,1-2H3,(H,16,17,18). The highest BCUT2D eigenvalue weighted by Gasteiger charge is 2.15. The fraction of sp³-hybridized carbons (Fsp3) is 0.286. The highest BCUT2D eigenvalue weighted by Crippen LogP contribution is 2.29. The van der Waals surface area contributed by atoms with E-state index in [4.69, 9.17) is 10.6 Å². The predicted octanol–water partition coefficient (Wildman–Crippen LogP) is 2.46. The van der Waals surface area contributed by atoms with Crippen LogP contribution in [0.15, 0.2) is 36.7 Å². The van der Waals surface area contributed by atoms with Gasteiger partial charge in [-0.05, 0) is 11.5 Å². The van der Waals surface area contributed by atoms with E-state index >= 15 is 0 Å². The average Bonchev–Trinajstić information content (AvgIpc) is 2.45. The Balaban J connectivity index is 2.20. The van der Waals surface area contributed by atoms with Crippen molar-refractivity contribution >= 4 is 5.82 Å². The number of hydrogen-bond acceptors (Lipinski definition) is 5. The molecule has 0 aliphatic rings. The molecule has 19 heavy (non-hydrogen) atoms. The van der Waals surface area contributed by atoms with Crippen molar-refractivity contribution in [3.63, 3.8) is 0 Å². The number of anilines is 1. The Morgan fingerprint density at radius 1 is 1.21 bits per heavy atom. The molecule has 0 atom stereocenters. The topological polar surface area (TPSA) is 73.1 Å². The zero-order valence-corrected chi connectivity index (χ0v) is 11.1. The highest BCUT2D eigenvalue weighted by molar-refractivity contribution is 5.49. The summed E-state index contributed by atoms with van der Waals surface area (Å²) in [5.74, 6) is 6.86. The van der Waals surface area contributed by atoms with Crippen LogP contribution in [0.2, 0.25) is 0 Å². The van der Waals surface area contributed by atoms with Crippen LogP contribution in [0.3, 0.4) is 0 Å². The van der Waals surface area contributed by atoms with Crippen LogP contribution >= 0.6 is 0 Å². The van der Waals surface area contributed by atoms with E-state index in [2.05, 4.69) is 29.2 Å². The molecule has 0 spiro atoms. The molecule has 5 nitrogen and oxygen atoms in total. The highest BCUT2D eigenvalue weighted by atomic mass is 16.5. The van der Waals surface area contributed by atoms with Crippen LogP contribution in [0.5, 0.6) is 5.88 Å². The summed E-state index contributed by atoms with van der Waals surface area (Å²) in [6, 6.07) is 9.96. The fourth-order valence-corrected chi connectivity index (χ4v) is 1.86. The largest absolute Gasteiger partial charge is 0.472 e. The van der Waals surface area contributed by atoms with E-state index in [-0.39, 0.29) is 5.92 Å². The van der Waals surface area contributed by atoms with Crippen LogP contribution in [-0.4, -0.2) is 9.97 Å². The lowest BCUT2D eigenvalue weighted by atomic mass is 10.1. The summed E-state index contributed by atoms with van der Waals surface area (Å²) in [6.45, 7) is 4.57. The molecule has 0 aliphatic carbocycles. The zero-order chi connectivity index (χ0) is 13.7. The number of ether oxygens (including phenoxy) is 1. The van der Waals surface area contributed by atoms with Gasteiger partial charge in [-0.2, -0.15) is 0 Å². The minimum atomic E-state index is 0.220. The smallest absolute Gasteiger partial charge is 0.222 e. The second kappa shape index (κ2) is 6.15. The molecular formula is C14H18N4O. The first kappa shape index (κ1) is 13.3. The van der Waals surface area contributed by atoms with Crippen LogP contribution in [0.4, 0.5) is 5.82 Å². The first-order valence-corrected chi connectivity index (χ1v) is 6.20. The number of benzene rings is 1. The Kier molecular flexibility index (Phi) is 4.30. The van der Waals surface area contributed by atoms with Gasteiger partial charge in [-0.15, -0.1) is 0 Å². The number of hydrazine groups is 1. The number of nitrogen functional groups attached to an aromatic ring is 1. The van der Waals surface area contributed by atoms with E-state index in [1.165, 1.54) is 6.33 Å². The Morgan fingerprint density at radius 3 is 2.58 bits per heavy atom. The van der Waals surface area contributed by atoms with Crippen LogP contribution < -0.4 is 16.0 Å². The van der Waals surface area contributed by atoms with Crippen LogP contribution in [0.25, 0.3) is 0 Å². The third-order valence-electron chi connectivity index (χ3n) is 2.78. The summed E-state index contributed by atoms with van der Waals surface area (Å²) >= 11 is 0. The maximum Gasteiger partial charge on any atom is 0.222 e. The Hall–Kier alpha value is -2.14. The maximum atomic E-state index is 5.78. The predicted molar refractivity (Wildman–Crippen MR) is 74.7 cm³/mol. The van der Waals surface area contributed by atoms with Crippen LogP contribution in [0, 0.1) is 0 Å². The van der Waals surface area contributed by atoms with Crippen LogP contribution in [-0.2, 0) is 6.61 Å². The van der Waals surface area contributed by atoms with Gasteiger partial charge in [0, 0.05) is 0 Å². The van der Waals surface area contributed by atoms with E-state index in [0.29, 0.717) is 18.3 Å². The molecule has 0 amide bonds. The Labute approximate surface area is 112 Å². The molecule has 5 heteroatoms. The summed E-state index contributed by atoms with van der Waals surface area (Å²) in [5, 5.41) is 0. The van der Waals surface area contributed by atoms with E-state index in [0.717, 1.165) is 11.1 Å². The molecule has 0 saturated carbocycles. The molecule has 1 heterocycles. The summed E-state index contributed by atoms with van der Waals surface area (Å²) in [5.41, 5.74) is 4.57. The van der Waals surface area contributed by atoms with Gasteiger partial charge in [0.15, 0.2) is 5.82 Å². The zero-order valence-electron chi connectivity index (χ0n) is 11.1. The van der Waals surface area contributed by atoms with Gasteiger partial charge in [-0.1, -0.05) is 44.2 Å². The van der Waals surface area contributed by atoms with Crippen molar-refractivity contribution in [2.24, 2.45) is 5.84 Å². The molecule has 0 unspecified atom stereocenters. The molecule has 0 fully saturated rings.